The number of fused-ring (bicyclic) bond motifs is 1. The fourth-order valence-electron chi connectivity index (χ4n) is 4.73. The summed E-state index contributed by atoms with van der Waals surface area (Å²) in [6.07, 6.45) is 1.93. The third-order valence-electron chi connectivity index (χ3n) is 7.01. The van der Waals surface area contributed by atoms with E-state index in [0.717, 1.165) is 35.3 Å². The van der Waals surface area contributed by atoms with E-state index in [1.165, 1.54) is 17.3 Å². The fraction of sp³-hybridized carbons (Fsp3) is 0.267. The van der Waals surface area contributed by atoms with Gasteiger partial charge in [0, 0.05) is 17.8 Å². The van der Waals surface area contributed by atoms with Crippen LogP contribution in [0.3, 0.4) is 0 Å². The minimum Gasteiger partial charge on any atom is -0.497 e. The second-order valence-electron chi connectivity index (χ2n) is 9.43. The van der Waals surface area contributed by atoms with E-state index in [1.54, 1.807) is 31.4 Å². The van der Waals surface area contributed by atoms with Gasteiger partial charge in [0.2, 0.25) is 5.91 Å². The molecule has 0 radical (unpaired) electrons. The highest BCUT2D eigenvalue weighted by molar-refractivity contribution is 7.99. The molecule has 9 heteroatoms. The van der Waals surface area contributed by atoms with Crippen molar-refractivity contribution in [2.24, 2.45) is 0 Å². The molecule has 2 heterocycles. The molecule has 4 aromatic rings. The number of nitrogens with one attached hydrogen (secondary N) is 1. The summed E-state index contributed by atoms with van der Waals surface area (Å²) in [5.41, 5.74) is 5.86. The number of benzene rings is 3. The average Bonchev–Trinajstić information content (AvgIpc) is 3.38. The smallest absolute Gasteiger partial charge is 0.251 e. The number of amides is 2. The molecule has 3 aromatic carbocycles. The van der Waals surface area contributed by atoms with Crippen LogP contribution in [0.1, 0.15) is 39.3 Å². The van der Waals surface area contributed by atoms with Gasteiger partial charge in [-0.3, -0.25) is 14.2 Å². The molecule has 0 unspecified atom stereocenters. The van der Waals surface area contributed by atoms with E-state index in [4.69, 9.17) is 4.74 Å². The number of ether oxygens (including phenoxy) is 1. The molecule has 200 valence electrons. The number of nitrogens with zero attached hydrogens (tertiary/aromatic N) is 4. The van der Waals surface area contributed by atoms with E-state index in [1.807, 2.05) is 39.8 Å². The molecule has 8 nitrogen and oxygen atoms in total. The topological polar surface area (TPSA) is 89.3 Å². The van der Waals surface area contributed by atoms with E-state index in [-0.39, 0.29) is 24.1 Å². The lowest BCUT2D eigenvalue weighted by Crippen LogP contribution is -2.36. The first-order valence-corrected chi connectivity index (χ1v) is 13.9. The first kappa shape index (κ1) is 26.5. The summed E-state index contributed by atoms with van der Waals surface area (Å²) in [6.45, 7) is 5.00. The number of rotatable bonds is 8. The molecule has 2 amide bonds. The van der Waals surface area contributed by atoms with Crippen LogP contribution in [0, 0.1) is 13.8 Å². The SMILES string of the molecule is COc1ccc(C(=O)NCc2nnc(SCC(=O)N3CCCc4ccccc43)n2-c2cccc(C)c2C)cc1. The third-order valence-corrected chi connectivity index (χ3v) is 7.93. The maximum absolute atomic E-state index is 13.3. The summed E-state index contributed by atoms with van der Waals surface area (Å²) in [7, 11) is 1.59. The predicted octanol–water partition coefficient (Wildman–Crippen LogP) is 4.89. The highest BCUT2D eigenvalue weighted by Gasteiger charge is 2.24. The Bertz CT molecular complexity index is 1500. The molecule has 5 rings (SSSR count). The van der Waals surface area contributed by atoms with Crippen molar-refractivity contribution in [3.05, 3.63) is 94.8 Å². The highest BCUT2D eigenvalue weighted by Crippen LogP contribution is 2.30. The molecular weight excluding hydrogens is 510 g/mol. The second-order valence-corrected chi connectivity index (χ2v) is 10.4. The zero-order valence-electron chi connectivity index (χ0n) is 22.3. The van der Waals surface area contributed by atoms with Crippen LogP contribution in [-0.4, -0.2) is 46.0 Å². The number of carbonyl (C=O) groups excluding carboxylic acids is 2. The number of carbonyl (C=O) groups is 2. The summed E-state index contributed by atoms with van der Waals surface area (Å²) in [5, 5.41) is 12.4. The second kappa shape index (κ2) is 11.7. The maximum Gasteiger partial charge on any atom is 0.251 e. The third kappa shape index (κ3) is 5.68. The number of methoxy groups -OCH3 is 1. The molecule has 0 fully saturated rings. The monoisotopic (exact) mass is 541 g/mol. The van der Waals surface area contributed by atoms with E-state index < -0.39 is 0 Å². The van der Waals surface area contributed by atoms with Crippen molar-refractivity contribution in [1.29, 1.82) is 0 Å². The van der Waals surface area contributed by atoms with Gasteiger partial charge < -0.3 is 15.0 Å². The summed E-state index contributed by atoms with van der Waals surface area (Å²) >= 11 is 1.36. The minimum atomic E-state index is -0.221. The Morgan fingerprint density at radius 3 is 2.54 bits per heavy atom. The standard InChI is InChI=1S/C30H31N5O3S/c1-20-8-6-12-25(21(20)2)35-27(18-31-29(37)23-13-15-24(38-3)16-14-23)32-33-30(35)39-19-28(36)34-17-7-10-22-9-4-5-11-26(22)34/h4-6,8-9,11-16H,7,10,17-19H2,1-3H3,(H,31,37). The van der Waals surface area contributed by atoms with Crippen molar-refractivity contribution in [3.8, 4) is 11.4 Å². The normalized spacial score (nSPS) is 12.6. The average molecular weight is 542 g/mol. The number of aryl methyl sites for hydroxylation is 2. The zero-order valence-corrected chi connectivity index (χ0v) is 23.1. The van der Waals surface area contributed by atoms with Crippen LogP contribution < -0.4 is 15.0 Å². The van der Waals surface area contributed by atoms with Crippen LogP contribution in [-0.2, 0) is 17.8 Å². The highest BCUT2D eigenvalue weighted by atomic mass is 32.2. The lowest BCUT2D eigenvalue weighted by Gasteiger charge is -2.29. The van der Waals surface area contributed by atoms with Gasteiger partial charge in [-0.15, -0.1) is 10.2 Å². The summed E-state index contributed by atoms with van der Waals surface area (Å²) in [5.74, 6) is 1.32. The Labute approximate surface area is 232 Å². The predicted molar refractivity (Wildman–Crippen MR) is 153 cm³/mol. The van der Waals surface area contributed by atoms with Crippen molar-refractivity contribution in [2.75, 3.05) is 24.3 Å². The first-order valence-electron chi connectivity index (χ1n) is 12.9. The summed E-state index contributed by atoms with van der Waals surface area (Å²) in [4.78, 5) is 28.0. The van der Waals surface area contributed by atoms with Crippen LogP contribution >= 0.6 is 11.8 Å². The number of hydrogen-bond donors (Lipinski definition) is 1. The number of hydrogen-bond acceptors (Lipinski definition) is 6. The lowest BCUT2D eigenvalue weighted by atomic mass is 10.0. The minimum absolute atomic E-state index is 0.0389. The van der Waals surface area contributed by atoms with Gasteiger partial charge in [0.1, 0.15) is 5.75 Å². The Kier molecular flexibility index (Phi) is 7.97. The van der Waals surface area contributed by atoms with Gasteiger partial charge in [-0.05, 0) is 79.8 Å². The van der Waals surface area contributed by atoms with Crippen molar-refractivity contribution in [2.45, 2.75) is 38.4 Å². The molecule has 0 atom stereocenters. The van der Waals surface area contributed by atoms with Gasteiger partial charge in [0.15, 0.2) is 11.0 Å². The molecule has 0 saturated heterocycles. The molecule has 0 bridgehead atoms. The number of thioether (sulfide) groups is 1. The number of para-hydroxylation sites is 1. The molecule has 0 saturated carbocycles. The largest absolute Gasteiger partial charge is 0.497 e. The summed E-state index contributed by atoms with van der Waals surface area (Å²) in [6, 6.07) is 21.1. The molecule has 0 aliphatic carbocycles. The van der Waals surface area contributed by atoms with E-state index >= 15 is 0 Å². The van der Waals surface area contributed by atoms with Crippen molar-refractivity contribution in [1.82, 2.24) is 20.1 Å². The van der Waals surface area contributed by atoms with Crippen molar-refractivity contribution < 1.29 is 14.3 Å². The first-order chi connectivity index (χ1) is 19.0. The number of anilines is 1. The van der Waals surface area contributed by atoms with Crippen LogP contribution in [0.25, 0.3) is 5.69 Å². The van der Waals surface area contributed by atoms with Gasteiger partial charge in [0.25, 0.3) is 5.91 Å². The zero-order chi connectivity index (χ0) is 27.4. The van der Waals surface area contributed by atoms with Gasteiger partial charge in [-0.1, -0.05) is 42.1 Å². The Morgan fingerprint density at radius 1 is 0.974 bits per heavy atom. The molecule has 1 aromatic heterocycles. The van der Waals surface area contributed by atoms with Crippen molar-refractivity contribution in [3.63, 3.8) is 0 Å². The Balaban J connectivity index is 1.37. The van der Waals surface area contributed by atoms with Gasteiger partial charge >= 0.3 is 0 Å². The molecule has 1 N–H and O–H groups in total. The van der Waals surface area contributed by atoms with Crippen LogP contribution in [0.5, 0.6) is 5.75 Å². The molecule has 1 aliphatic rings. The molecule has 1 aliphatic heterocycles. The molecule has 0 spiro atoms. The van der Waals surface area contributed by atoms with Gasteiger partial charge in [-0.25, -0.2) is 0 Å². The molecular formula is C30H31N5O3S. The van der Waals surface area contributed by atoms with Crippen LogP contribution in [0.4, 0.5) is 5.69 Å². The number of aromatic nitrogens is 3. The van der Waals surface area contributed by atoms with E-state index in [9.17, 15) is 9.59 Å². The van der Waals surface area contributed by atoms with E-state index in [2.05, 4.69) is 41.5 Å². The lowest BCUT2D eigenvalue weighted by molar-refractivity contribution is -0.116. The van der Waals surface area contributed by atoms with Crippen molar-refractivity contribution >= 4 is 29.3 Å². The fourth-order valence-corrected chi connectivity index (χ4v) is 5.57. The maximum atomic E-state index is 13.3. The van der Waals surface area contributed by atoms with Gasteiger partial charge in [0.05, 0.1) is 25.1 Å². The van der Waals surface area contributed by atoms with Gasteiger partial charge in [-0.2, -0.15) is 0 Å². The Hall–Kier alpha value is -4.11. The Morgan fingerprint density at radius 2 is 1.74 bits per heavy atom. The van der Waals surface area contributed by atoms with E-state index in [0.29, 0.717) is 28.8 Å². The molecule has 39 heavy (non-hydrogen) atoms. The van der Waals surface area contributed by atoms with Crippen LogP contribution in [0.15, 0.2) is 71.9 Å². The summed E-state index contributed by atoms with van der Waals surface area (Å²) < 4.78 is 7.12. The van der Waals surface area contributed by atoms with Crippen LogP contribution in [0.2, 0.25) is 0 Å². The quantitative estimate of drug-likeness (QED) is 0.320.